The minimum absolute atomic E-state index is 0.292. The molecule has 0 saturated carbocycles. The molecule has 0 aliphatic carbocycles. The molecule has 0 heterocycles. The molecule has 0 fully saturated rings. The molecule has 15 heavy (non-hydrogen) atoms. The van der Waals surface area contributed by atoms with E-state index in [2.05, 4.69) is 0 Å². The Bertz CT molecular complexity index is 271. The maximum atomic E-state index is 5.76. The van der Waals surface area contributed by atoms with Crippen LogP contribution in [0.15, 0.2) is 24.3 Å². The predicted molar refractivity (Wildman–Crippen MR) is 64.4 cm³/mol. The number of ether oxygens (including phenoxy) is 1. The van der Waals surface area contributed by atoms with Crippen LogP contribution in [0.3, 0.4) is 0 Å². The lowest BCUT2D eigenvalue weighted by Gasteiger charge is -2.07. The molecule has 3 heteroatoms. The molecule has 2 N–H and O–H groups in total. The van der Waals surface area contributed by atoms with E-state index < -0.39 is 0 Å². The van der Waals surface area contributed by atoms with Gasteiger partial charge in [0.2, 0.25) is 0 Å². The van der Waals surface area contributed by atoms with Crippen molar-refractivity contribution in [3.63, 3.8) is 0 Å². The van der Waals surface area contributed by atoms with Crippen LogP contribution in [0.1, 0.15) is 26.2 Å². The van der Waals surface area contributed by atoms with E-state index in [1.54, 1.807) is 0 Å². The highest BCUT2D eigenvalue weighted by Gasteiger charge is 1.96. The summed E-state index contributed by atoms with van der Waals surface area (Å²) in [5.41, 5.74) is 5.65. The zero-order valence-corrected chi connectivity index (χ0v) is 9.83. The van der Waals surface area contributed by atoms with Gasteiger partial charge in [0.15, 0.2) is 0 Å². The fraction of sp³-hybridized carbons (Fsp3) is 0.500. The summed E-state index contributed by atoms with van der Waals surface area (Å²) in [6.07, 6.45) is 3.22. The van der Waals surface area contributed by atoms with Crippen LogP contribution >= 0.6 is 11.6 Å². The van der Waals surface area contributed by atoms with Crippen LogP contribution in [0.25, 0.3) is 0 Å². The van der Waals surface area contributed by atoms with Gasteiger partial charge in [0.1, 0.15) is 5.75 Å². The first kappa shape index (κ1) is 12.3. The fourth-order valence-corrected chi connectivity index (χ4v) is 1.42. The second kappa shape index (κ2) is 6.70. The highest BCUT2D eigenvalue weighted by molar-refractivity contribution is 6.30. The molecule has 1 unspecified atom stereocenters. The topological polar surface area (TPSA) is 35.2 Å². The lowest BCUT2D eigenvalue weighted by atomic mass is 10.1. The molecule has 0 aliphatic rings. The summed E-state index contributed by atoms with van der Waals surface area (Å²) in [6.45, 7) is 2.77. The Hall–Kier alpha value is -0.730. The Morgan fingerprint density at radius 3 is 2.53 bits per heavy atom. The Labute approximate surface area is 96.4 Å². The van der Waals surface area contributed by atoms with Gasteiger partial charge >= 0.3 is 0 Å². The molecule has 0 aromatic heterocycles. The summed E-state index contributed by atoms with van der Waals surface area (Å²) in [5.74, 6) is 0.875. The molecule has 0 saturated heterocycles. The van der Waals surface area contributed by atoms with Gasteiger partial charge in [-0.25, -0.2) is 0 Å². The SMILES string of the molecule is CC(N)CCCCOc1ccc(Cl)cc1. The van der Waals surface area contributed by atoms with Gasteiger partial charge in [-0.1, -0.05) is 11.6 Å². The highest BCUT2D eigenvalue weighted by Crippen LogP contribution is 2.15. The van der Waals surface area contributed by atoms with Crippen molar-refractivity contribution in [1.29, 1.82) is 0 Å². The van der Waals surface area contributed by atoms with Crippen molar-refractivity contribution in [2.45, 2.75) is 32.2 Å². The van der Waals surface area contributed by atoms with E-state index in [0.717, 1.165) is 36.6 Å². The van der Waals surface area contributed by atoms with Gasteiger partial charge in [0.25, 0.3) is 0 Å². The fourth-order valence-electron chi connectivity index (χ4n) is 1.29. The van der Waals surface area contributed by atoms with Crippen molar-refractivity contribution in [1.82, 2.24) is 0 Å². The standard InChI is InChI=1S/C12H18ClNO/c1-10(14)4-2-3-9-15-12-7-5-11(13)6-8-12/h5-8,10H,2-4,9,14H2,1H3. The molecule has 2 nitrogen and oxygen atoms in total. The molecule has 0 aliphatic heterocycles. The molecule has 0 amide bonds. The summed E-state index contributed by atoms with van der Waals surface area (Å²) in [6, 6.07) is 7.72. The average Bonchev–Trinajstić information content (AvgIpc) is 2.20. The average molecular weight is 228 g/mol. The minimum atomic E-state index is 0.292. The van der Waals surface area contributed by atoms with Crippen LogP contribution in [-0.4, -0.2) is 12.6 Å². The third-order valence-corrected chi connectivity index (χ3v) is 2.39. The maximum absolute atomic E-state index is 5.76. The van der Waals surface area contributed by atoms with Gasteiger partial charge in [0, 0.05) is 11.1 Å². The van der Waals surface area contributed by atoms with Crippen LogP contribution in [0.4, 0.5) is 0 Å². The van der Waals surface area contributed by atoms with Gasteiger partial charge in [0.05, 0.1) is 6.61 Å². The van der Waals surface area contributed by atoms with E-state index in [1.807, 2.05) is 31.2 Å². The third-order valence-electron chi connectivity index (χ3n) is 2.14. The smallest absolute Gasteiger partial charge is 0.119 e. The largest absolute Gasteiger partial charge is 0.494 e. The highest BCUT2D eigenvalue weighted by atomic mass is 35.5. The van der Waals surface area contributed by atoms with Gasteiger partial charge in [-0.05, 0) is 50.5 Å². The molecule has 1 rings (SSSR count). The van der Waals surface area contributed by atoms with E-state index in [-0.39, 0.29) is 0 Å². The van der Waals surface area contributed by atoms with Gasteiger partial charge in [-0.2, -0.15) is 0 Å². The molecule has 1 aromatic rings. The number of hydrogen-bond donors (Lipinski definition) is 1. The molecule has 0 radical (unpaired) electrons. The van der Waals surface area contributed by atoms with Crippen molar-refractivity contribution in [3.05, 3.63) is 29.3 Å². The van der Waals surface area contributed by atoms with E-state index in [1.165, 1.54) is 0 Å². The summed E-state index contributed by atoms with van der Waals surface area (Å²) >= 11 is 5.76. The number of benzene rings is 1. The normalized spacial score (nSPS) is 12.5. The number of rotatable bonds is 6. The number of unbranched alkanes of at least 4 members (excludes halogenated alkanes) is 1. The maximum Gasteiger partial charge on any atom is 0.119 e. The summed E-state index contributed by atoms with van der Waals surface area (Å²) in [7, 11) is 0. The van der Waals surface area contributed by atoms with E-state index in [9.17, 15) is 0 Å². The predicted octanol–water partition coefficient (Wildman–Crippen LogP) is 3.24. The zero-order chi connectivity index (χ0) is 11.1. The Balaban J connectivity index is 2.12. The van der Waals surface area contributed by atoms with Gasteiger partial charge in [-0.3, -0.25) is 0 Å². The first-order chi connectivity index (χ1) is 7.18. The van der Waals surface area contributed by atoms with E-state index in [0.29, 0.717) is 6.04 Å². The van der Waals surface area contributed by atoms with Crippen LogP contribution < -0.4 is 10.5 Å². The first-order valence-electron chi connectivity index (χ1n) is 5.32. The minimum Gasteiger partial charge on any atom is -0.494 e. The van der Waals surface area contributed by atoms with Gasteiger partial charge < -0.3 is 10.5 Å². The molecular weight excluding hydrogens is 210 g/mol. The molecular formula is C12H18ClNO. The molecule has 1 atom stereocenters. The van der Waals surface area contributed by atoms with Crippen molar-refractivity contribution in [2.75, 3.05) is 6.61 Å². The molecule has 0 bridgehead atoms. The molecule has 0 spiro atoms. The summed E-state index contributed by atoms with van der Waals surface area (Å²) in [5, 5.41) is 0.735. The number of nitrogens with two attached hydrogens (primary N) is 1. The first-order valence-corrected chi connectivity index (χ1v) is 5.70. The van der Waals surface area contributed by atoms with Gasteiger partial charge in [-0.15, -0.1) is 0 Å². The van der Waals surface area contributed by atoms with E-state index >= 15 is 0 Å². The van der Waals surface area contributed by atoms with Crippen molar-refractivity contribution in [3.8, 4) is 5.75 Å². The number of halogens is 1. The second-order valence-corrected chi connectivity index (χ2v) is 4.21. The molecule has 84 valence electrons. The monoisotopic (exact) mass is 227 g/mol. The Morgan fingerprint density at radius 2 is 1.93 bits per heavy atom. The van der Waals surface area contributed by atoms with Crippen LogP contribution in [0.2, 0.25) is 5.02 Å². The Kier molecular flexibility index (Phi) is 5.51. The van der Waals surface area contributed by atoms with Crippen molar-refractivity contribution < 1.29 is 4.74 Å². The van der Waals surface area contributed by atoms with Crippen LogP contribution in [-0.2, 0) is 0 Å². The Morgan fingerprint density at radius 1 is 1.27 bits per heavy atom. The molecule has 1 aromatic carbocycles. The van der Waals surface area contributed by atoms with Crippen LogP contribution in [0.5, 0.6) is 5.75 Å². The van der Waals surface area contributed by atoms with E-state index in [4.69, 9.17) is 22.1 Å². The lowest BCUT2D eigenvalue weighted by molar-refractivity contribution is 0.303. The third kappa shape index (κ3) is 5.65. The second-order valence-electron chi connectivity index (χ2n) is 3.78. The summed E-state index contributed by atoms with van der Waals surface area (Å²) in [4.78, 5) is 0. The van der Waals surface area contributed by atoms with Crippen molar-refractivity contribution in [2.24, 2.45) is 5.73 Å². The van der Waals surface area contributed by atoms with Crippen LogP contribution in [0, 0.1) is 0 Å². The summed E-state index contributed by atoms with van der Waals surface area (Å²) < 4.78 is 5.54. The van der Waals surface area contributed by atoms with Crippen molar-refractivity contribution >= 4 is 11.6 Å². The quantitative estimate of drug-likeness (QED) is 0.758. The lowest BCUT2D eigenvalue weighted by Crippen LogP contribution is -2.14. The zero-order valence-electron chi connectivity index (χ0n) is 9.08. The number of hydrogen-bond acceptors (Lipinski definition) is 2.